The molecule has 0 aliphatic heterocycles. The molecule has 0 bridgehead atoms. The minimum absolute atomic E-state index is 0.0634. The molecule has 1 N–H and O–H groups in total. The number of hydrogen-bond acceptors (Lipinski definition) is 7. The summed E-state index contributed by atoms with van der Waals surface area (Å²) in [6.07, 6.45) is 1.58. The largest absolute Gasteiger partial charge is 0.504 e. The molecular weight excluding hydrogens is 292 g/mol. The standard InChI is InChI=1S/C14H14N2O4S/c1-3-20-13(18)10-8-21-14(16-10)15-7-9-4-5-11(17)12(6-9)19-2/h4-8,17H,3H2,1-2H3/b15-7+. The SMILES string of the molecule is CCOC(=O)c1csc(/N=C/c2ccc(O)c(OC)c2)n1. The fraction of sp³-hybridized carbons (Fsp3) is 0.214. The molecule has 0 unspecified atom stereocenters. The molecule has 0 amide bonds. The maximum atomic E-state index is 11.5. The number of phenolic OH excluding ortho intramolecular Hbond substituents is 1. The van der Waals surface area contributed by atoms with Crippen molar-refractivity contribution in [2.45, 2.75) is 6.92 Å². The van der Waals surface area contributed by atoms with Crippen LogP contribution in [0.3, 0.4) is 0 Å². The van der Waals surface area contributed by atoms with Crippen molar-refractivity contribution >= 4 is 28.7 Å². The number of aliphatic imine (C=N–C) groups is 1. The molecule has 0 aliphatic rings. The molecule has 2 rings (SSSR count). The van der Waals surface area contributed by atoms with E-state index in [2.05, 4.69) is 9.98 Å². The molecule has 2 aromatic rings. The van der Waals surface area contributed by atoms with Gasteiger partial charge in [-0.3, -0.25) is 0 Å². The van der Waals surface area contributed by atoms with E-state index in [1.807, 2.05) is 0 Å². The van der Waals surface area contributed by atoms with E-state index in [-0.39, 0.29) is 11.4 Å². The van der Waals surface area contributed by atoms with Crippen LogP contribution in [0, 0.1) is 0 Å². The fourth-order valence-electron chi connectivity index (χ4n) is 1.53. The average Bonchev–Trinajstić information content (AvgIpc) is 2.95. The second kappa shape index (κ2) is 6.85. The van der Waals surface area contributed by atoms with Gasteiger partial charge in [0.05, 0.1) is 13.7 Å². The number of hydrogen-bond donors (Lipinski definition) is 1. The van der Waals surface area contributed by atoms with Crippen LogP contribution >= 0.6 is 11.3 Å². The molecule has 0 fully saturated rings. The monoisotopic (exact) mass is 306 g/mol. The zero-order valence-electron chi connectivity index (χ0n) is 11.6. The summed E-state index contributed by atoms with van der Waals surface area (Å²) in [6.45, 7) is 2.05. The fourth-order valence-corrected chi connectivity index (χ4v) is 2.16. The number of carbonyl (C=O) groups excluding carboxylic acids is 1. The highest BCUT2D eigenvalue weighted by Gasteiger charge is 2.10. The lowest BCUT2D eigenvalue weighted by molar-refractivity contribution is 0.0520. The molecule has 0 saturated carbocycles. The van der Waals surface area contributed by atoms with Crippen molar-refractivity contribution in [1.82, 2.24) is 4.98 Å². The van der Waals surface area contributed by atoms with E-state index in [0.717, 1.165) is 5.56 Å². The smallest absolute Gasteiger partial charge is 0.357 e. The summed E-state index contributed by atoms with van der Waals surface area (Å²) in [5.41, 5.74) is 0.995. The molecule has 21 heavy (non-hydrogen) atoms. The Balaban J connectivity index is 2.12. The average molecular weight is 306 g/mol. The van der Waals surface area contributed by atoms with Gasteiger partial charge in [0.1, 0.15) is 0 Å². The Morgan fingerprint density at radius 1 is 1.52 bits per heavy atom. The van der Waals surface area contributed by atoms with Crippen molar-refractivity contribution in [2.24, 2.45) is 4.99 Å². The highest BCUT2D eigenvalue weighted by atomic mass is 32.1. The first-order valence-corrected chi connectivity index (χ1v) is 7.05. The van der Waals surface area contributed by atoms with E-state index in [1.54, 1.807) is 30.7 Å². The van der Waals surface area contributed by atoms with E-state index >= 15 is 0 Å². The van der Waals surface area contributed by atoms with E-state index in [9.17, 15) is 9.90 Å². The number of ether oxygens (including phenoxy) is 2. The highest BCUT2D eigenvalue weighted by molar-refractivity contribution is 7.13. The summed E-state index contributed by atoms with van der Waals surface area (Å²) in [5.74, 6) is -0.0275. The van der Waals surface area contributed by atoms with Crippen LogP contribution in [0.2, 0.25) is 0 Å². The number of aromatic nitrogens is 1. The van der Waals surface area contributed by atoms with Gasteiger partial charge >= 0.3 is 5.97 Å². The third-order valence-electron chi connectivity index (χ3n) is 2.50. The van der Waals surface area contributed by atoms with Gasteiger partial charge in [0, 0.05) is 11.6 Å². The molecule has 1 aromatic carbocycles. The number of esters is 1. The predicted molar refractivity (Wildman–Crippen MR) is 80.0 cm³/mol. The molecule has 0 spiro atoms. The van der Waals surface area contributed by atoms with Gasteiger partial charge in [-0.25, -0.2) is 14.8 Å². The number of rotatable bonds is 5. The van der Waals surface area contributed by atoms with E-state index < -0.39 is 5.97 Å². The molecule has 0 atom stereocenters. The minimum Gasteiger partial charge on any atom is -0.504 e. The molecule has 7 heteroatoms. The Hall–Kier alpha value is -2.41. The summed E-state index contributed by atoms with van der Waals surface area (Å²) in [5, 5.41) is 11.6. The number of aromatic hydroxyl groups is 1. The van der Waals surface area contributed by atoms with Crippen molar-refractivity contribution in [3.05, 3.63) is 34.8 Å². The topological polar surface area (TPSA) is 81.0 Å². The molecular formula is C14H14N2O4S. The van der Waals surface area contributed by atoms with Crippen LogP contribution in [-0.4, -0.2) is 36.0 Å². The summed E-state index contributed by atoms with van der Waals surface area (Å²) in [7, 11) is 1.47. The Labute approximate surface area is 125 Å². The van der Waals surface area contributed by atoms with Crippen molar-refractivity contribution in [3.8, 4) is 11.5 Å². The second-order valence-electron chi connectivity index (χ2n) is 3.93. The maximum Gasteiger partial charge on any atom is 0.357 e. The van der Waals surface area contributed by atoms with E-state index in [4.69, 9.17) is 9.47 Å². The zero-order valence-corrected chi connectivity index (χ0v) is 12.4. The Kier molecular flexibility index (Phi) is 4.89. The van der Waals surface area contributed by atoms with Crippen LogP contribution in [0.25, 0.3) is 0 Å². The van der Waals surface area contributed by atoms with Crippen LogP contribution in [0.15, 0.2) is 28.6 Å². The summed E-state index contributed by atoms with van der Waals surface area (Å²) in [4.78, 5) is 19.7. The molecule has 0 aliphatic carbocycles. The van der Waals surface area contributed by atoms with Crippen molar-refractivity contribution < 1.29 is 19.4 Å². The van der Waals surface area contributed by atoms with Crippen molar-refractivity contribution in [3.63, 3.8) is 0 Å². The van der Waals surface area contributed by atoms with Crippen LogP contribution in [0.4, 0.5) is 5.13 Å². The summed E-state index contributed by atoms with van der Waals surface area (Å²) >= 11 is 1.25. The number of benzene rings is 1. The summed E-state index contributed by atoms with van der Waals surface area (Å²) < 4.78 is 9.87. The van der Waals surface area contributed by atoms with Gasteiger partial charge < -0.3 is 14.6 Å². The first kappa shape index (κ1) is 15.0. The summed E-state index contributed by atoms with van der Waals surface area (Å²) in [6, 6.07) is 4.87. The Morgan fingerprint density at radius 2 is 2.33 bits per heavy atom. The number of thiazole rings is 1. The molecule has 0 radical (unpaired) electrons. The van der Waals surface area contributed by atoms with Gasteiger partial charge in [0.15, 0.2) is 17.2 Å². The zero-order chi connectivity index (χ0) is 15.2. The maximum absolute atomic E-state index is 11.5. The van der Waals surface area contributed by atoms with Gasteiger partial charge in [0.25, 0.3) is 0 Å². The molecule has 1 aromatic heterocycles. The molecule has 1 heterocycles. The Bertz CT molecular complexity index is 667. The van der Waals surface area contributed by atoms with Crippen LogP contribution in [0.1, 0.15) is 23.0 Å². The van der Waals surface area contributed by atoms with E-state index in [0.29, 0.717) is 17.5 Å². The van der Waals surface area contributed by atoms with Crippen molar-refractivity contribution in [1.29, 1.82) is 0 Å². The van der Waals surface area contributed by atoms with Crippen LogP contribution in [0.5, 0.6) is 11.5 Å². The first-order valence-electron chi connectivity index (χ1n) is 6.17. The molecule has 110 valence electrons. The first-order chi connectivity index (χ1) is 10.1. The van der Waals surface area contributed by atoms with Crippen molar-refractivity contribution in [2.75, 3.05) is 13.7 Å². The number of phenols is 1. The number of nitrogens with zero attached hydrogens (tertiary/aromatic N) is 2. The lowest BCUT2D eigenvalue weighted by Crippen LogP contribution is -2.04. The molecule has 0 saturated heterocycles. The predicted octanol–water partition coefficient (Wildman–Crippen LogP) is 2.78. The third kappa shape index (κ3) is 3.79. The normalized spacial score (nSPS) is 10.8. The lowest BCUT2D eigenvalue weighted by Gasteiger charge is -2.02. The van der Waals surface area contributed by atoms with Gasteiger partial charge in [-0.05, 0) is 30.7 Å². The van der Waals surface area contributed by atoms with Gasteiger partial charge in [-0.1, -0.05) is 0 Å². The van der Waals surface area contributed by atoms with Gasteiger partial charge in [-0.15, -0.1) is 11.3 Å². The lowest BCUT2D eigenvalue weighted by atomic mass is 10.2. The third-order valence-corrected chi connectivity index (χ3v) is 3.25. The Morgan fingerprint density at radius 3 is 3.05 bits per heavy atom. The minimum atomic E-state index is -0.457. The number of carbonyl (C=O) groups is 1. The van der Waals surface area contributed by atoms with Gasteiger partial charge in [-0.2, -0.15) is 0 Å². The quantitative estimate of drug-likeness (QED) is 0.678. The number of methoxy groups -OCH3 is 1. The highest BCUT2D eigenvalue weighted by Crippen LogP contribution is 2.26. The molecule has 6 nitrogen and oxygen atoms in total. The van der Waals surface area contributed by atoms with E-state index in [1.165, 1.54) is 24.5 Å². The second-order valence-corrected chi connectivity index (χ2v) is 4.76. The van der Waals surface area contributed by atoms with Crippen LogP contribution < -0.4 is 4.74 Å². The van der Waals surface area contributed by atoms with Crippen LogP contribution in [-0.2, 0) is 4.74 Å². The van der Waals surface area contributed by atoms with Gasteiger partial charge in [0.2, 0.25) is 5.13 Å².